The molecule has 0 aromatic heterocycles. The smallest absolute Gasteiger partial charge is 1.00 e. The Morgan fingerprint density at radius 1 is 1.30 bits per heavy atom. The fourth-order valence-corrected chi connectivity index (χ4v) is 3.35. The zero-order valence-corrected chi connectivity index (χ0v) is 15.8. The molecule has 5 heteroatoms. The van der Waals surface area contributed by atoms with Gasteiger partial charge >= 0.3 is 21.7 Å². The zero-order chi connectivity index (χ0) is 12.3. The number of halogens is 2. The summed E-state index contributed by atoms with van der Waals surface area (Å²) in [5.74, 6) is 0. The van der Waals surface area contributed by atoms with Crippen LogP contribution in [0.1, 0.15) is 33.6 Å². The maximum Gasteiger partial charge on any atom is 3.00 e. The van der Waals surface area contributed by atoms with Crippen LogP contribution >= 0.6 is 11.8 Å². The summed E-state index contributed by atoms with van der Waals surface area (Å²) in [7, 11) is 0. The largest absolute Gasteiger partial charge is 3.00 e. The maximum atomic E-state index is 6.20. The Kier molecular flexibility index (Phi) is 11.8. The van der Waals surface area contributed by atoms with Crippen LogP contribution < -0.4 is 24.8 Å². The molecule has 0 aromatic rings. The van der Waals surface area contributed by atoms with Crippen LogP contribution in [0.25, 0.3) is 0 Å². The topological polar surface area (TPSA) is 9.23 Å². The standard InChI is InChI=1S/C15H19OS.2ClH.Ti/c1-12(2)16-15(11-7-6-8-13(15)3)17-14-9-4-5-10-14;;;/h4,6-9,12H,5,11H2,1-3H3;2*1H;/q-1;;;+3/p-2. The van der Waals surface area contributed by atoms with E-state index in [2.05, 4.69) is 57.2 Å². The molecular weight excluding hydrogens is 347 g/mol. The molecule has 0 N–H and O–H groups in total. The summed E-state index contributed by atoms with van der Waals surface area (Å²) in [4.78, 5) is 0.966. The van der Waals surface area contributed by atoms with Crippen molar-refractivity contribution < 1.29 is 51.3 Å². The number of allylic oxidation sites excluding steroid dienone is 5. The van der Waals surface area contributed by atoms with E-state index in [1.807, 2.05) is 0 Å². The van der Waals surface area contributed by atoms with E-state index in [0.717, 1.165) is 12.8 Å². The number of rotatable bonds is 4. The Labute approximate surface area is 154 Å². The summed E-state index contributed by atoms with van der Waals surface area (Å²) in [6.45, 7) is 6.34. The van der Waals surface area contributed by atoms with Crippen molar-refractivity contribution in [2.75, 3.05) is 0 Å². The minimum Gasteiger partial charge on any atom is -1.00 e. The van der Waals surface area contributed by atoms with Gasteiger partial charge in [-0.3, -0.25) is 6.08 Å². The van der Waals surface area contributed by atoms with Gasteiger partial charge in [-0.2, -0.15) is 11.0 Å². The molecule has 2 rings (SSSR count). The summed E-state index contributed by atoms with van der Waals surface area (Å²) in [5.41, 5.74) is 1.29. The Hall–Kier alpha value is 0.564. The third-order valence-electron chi connectivity index (χ3n) is 2.83. The predicted octanol–water partition coefficient (Wildman–Crippen LogP) is -1.60. The van der Waals surface area contributed by atoms with Crippen molar-refractivity contribution in [3.05, 3.63) is 46.9 Å². The fraction of sp³-hybridized carbons (Fsp3) is 0.467. The zero-order valence-electron chi connectivity index (χ0n) is 12.0. The van der Waals surface area contributed by atoms with Crippen LogP contribution in [0.2, 0.25) is 0 Å². The molecule has 0 fully saturated rings. The molecule has 0 saturated carbocycles. The second-order valence-corrected chi connectivity index (χ2v) is 5.95. The van der Waals surface area contributed by atoms with Crippen LogP contribution in [0.4, 0.5) is 0 Å². The summed E-state index contributed by atoms with van der Waals surface area (Å²) in [6.07, 6.45) is 16.2. The summed E-state index contributed by atoms with van der Waals surface area (Å²) >= 11 is 1.79. The molecule has 1 unspecified atom stereocenters. The molecule has 0 amide bonds. The molecule has 0 aromatic carbocycles. The molecule has 1 atom stereocenters. The summed E-state index contributed by atoms with van der Waals surface area (Å²) in [5, 5.41) is 0. The monoisotopic (exact) mass is 365 g/mol. The molecule has 109 valence electrons. The molecule has 0 aliphatic heterocycles. The first-order chi connectivity index (χ1) is 8.12. The molecule has 1 radical (unpaired) electrons. The van der Waals surface area contributed by atoms with Crippen LogP contribution in [0.3, 0.4) is 0 Å². The average molecular weight is 366 g/mol. The van der Waals surface area contributed by atoms with Crippen LogP contribution in [-0.4, -0.2) is 11.0 Å². The first-order valence-electron chi connectivity index (χ1n) is 6.10. The van der Waals surface area contributed by atoms with Gasteiger partial charge in [0.2, 0.25) is 0 Å². The number of thioether (sulfide) groups is 1. The molecule has 0 saturated heterocycles. The van der Waals surface area contributed by atoms with E-state index >= 15 is 0 Å². The van der Waals surface area contributed by atoms with Crippen molar-refractivity contribution in [1.82, 2.24) is 0 Å². The SMILES string of the molecule is CC1=CC=CCC1(OC(C)C)SC1=[C-]CC=C1.[Cl-].[Cl-].[Ti+3]. The molecule has 2 aliphatic rings. The van der Waals surface area contributed by atoms with E-state index in [1.54, 1.807) is 11.8 Å². The first kappa shape index (κ1) is 22.8. The van der Waals surface area contributed by atoms with Gasteiger partial charge in [0, 0.05) is 6.42 Å². The molecule has 0 spiro atoms. The van der Waals surface area contributed by atoms with Crippen LogP contribution in [0, 0.1) is 6.08 Å². The van der Waals surface area contributed by atoms with Crippen LogP contribution in [0.15, 0.2) is 40.9 Å². The Bertz CT molecular complexity index is 416. The predicted molar refractivity (Wildman–Crippen MR) is 74.6 cm³/mol. The van der Waals surface area contributed by atoms with Gasteiger partial charge in [-0.05, 0) is 26.3 Å². The average Bonchev–Trinajstić information content (AvgIpc) is 2.74. The fourth-order valence-electron chi connectivity index (χ4n) is 2.02. The minimum atomic E-state index is -0.236. The number of ether oxygens (including phenoxy) is 1. The Morgan fingerprint density at radius 2 is 2.00 bits per heavy atom. The van der Waals surface area contributed by atoms with Crippen molar-refractivity contribution in [2.45, 2.75) is 44.6 Å². The molecule has 2 aliphatic carbocycles. The van der Waals surface area contributed by atoms with Gasteiger partial charge in [-0.15, -0.1) is 18.2 Å². The minimum absolute atomic E-state index is 0. The van der Waals surface area contributed by atoms with Gasteiger partial charge in [-0.1, -0.05) is 18.2 Å². The molecule has 0 bridgehead atoms. The van der Waals surface area contributed by atoms with Crippen molar-refractivity contribution in [1.29, 1.82) is 0 Å². The van der Waals surface area contributed by atoms with Gasteiger partial charge in [0.05, 0.1) is 6.10 Å². The van der Waals surface area contributed by atoms with E-state index in [-0.39, 0.29) is 57.6 Å². The molecule has 20 heavy (non-hydrogen) atoms. The van der Waals surface area contributed by atoms with Crippen LogP contribution in [0.5, 0.6) is 0 Å². The first-order valence-corrected chi connectivity index (χ1v) is 6.92. The molecular formula is C15H19Cl2OSTi. The van der Waals surface area contributed by atoms with Crippen LogP contribution in [-0.2, 0) is 26.5 Å². The van der Waals surface area contributed by atoms with Gasteiger partial charge in [-0.25, -0.2) is 6.08 Å². The second-order valence-electron chi connectivity index (χ2n) is 4.65. The Morgan fingerprint density at radius 3 is 2.50 bits per heavy atom. The normalized spacial score (nSPS) is 23.4. The van der Waals surface area contributed by atoms with Crippen molar-refractivity contribution >= 4 is 11.8 Å². The third kappa shape index (κ3) is 5.75. The molecule has 1 nitrogen and oxygen atoms in total. The van der Waals surface area contributed by atoms with E-state index in [4.69, 9.17) is 4.74 Å². The van der Waals surface area contributed by atoms with Gasteiger partial charge in [0.1, 0.15) is 4.93 Å². The maximum absolute atomic E-state index is 6.20. The van der Waals surface area contributed by atoms with E-state index in [9.17, 15) is 0 Å². The van der Waals surface area contributed by atoms with Gasteiger partial charge in [0.15, 0.2) is 0 Å². The van der Waals surface area contributed by atoms with E-state index in [1.165, 1.54) is 10.5 Å². The quantitative estimate of drug-likeness (QED) is 0.337. The number of hydrogen-bond acceptors (Lipinski definition) is 2. The van der Waals surface area contributed by atoms with Crippen molar-refractivity contribution in [2.24, 2.45) is 0 Å². The van der Waals surface area contributed by atoms with Crippen molar-refractivity contribution in [3.8, 4) is 0 Å². The summed E-state index contributed by atoms with van der Waals surface area (Å²) < 4.78 is 6.20. The number of hydrogen-bond donors (Lipinski definition) is 0. The summed E-state index contributed by atoms with van der Waals surface area (Å²) in [6, 6.07) is 0. The Balaban J connectivity index is 0. The van der Waals surface area contributed by atoms with Crippen molar-refractivity contribution in [3.63, 3.8) is 0 Å². The van der Waals surface area contributed by atoms with E-state index < -0.39 is 0 Å². The van der Waals surface area contributed by atoms with E-state index in [0.29, 0.717) is 0 Å². The molecule has 0 heterocycles. The third-order valence-corrected chi connectivity index (χ3v) is 4.25. The van der Waals surface area contributed by atoms with Gasteiger partial charge < -0.3 is 29.6 Å². The second kappa shape index (κ2) is 10.3. The van der Waals surface area contributed by atoms with Gasteiger partial charge in [0.25, 0.3) is 0 Å².